The monoisotopic (exact) mass is 349 g/mol. The third-order valence-corrected chi connectivity index (χ3v) is 4.57. The number of hydrogen-bond acceptors (Lipinski definition) is 5. The lowest BCUT2D eigenvalue weighted by Crippen LogP contribution is -2.02. The van der Waals surface area contributed by atoms with Crippen LogP contribution >= 0.6 is 23.4 Å². The molecule has 2 heterocycles. The molecule has 0 atom stereocenters. The molecule has 0 spiro atoms. The van der Waals surface area contributed by atoms with Crippen LogP contribution in [-0.2, 0) is 7.05 Å². The van der Waals surface area contributed by atoms with Gasteiger partial charge in [-0.3, -0.25) is 0 Å². The molecule has 120 valence electrons. The van der Waals surface area contributed by atoms with Crippen molar-refractivity contribution in [2.75, 3.05) is 12.4 Å². The van der Waals surface area contributed by atoms with Crippen LogP contribution in [0.5, 0.6) is 5.75 Å². The minimum Gasteiger partial charge on any atom is -0.493 e. The van der Waals surface area contributed by atoms with Gasteiger partial charge in [0.05, 0.1) is 18.4 Å². The van der Waals surface area contributed by atoms with Gasteiger partial charge in [0.2, 0.25) is 0 Å². The van der Waals surface area contributed by atoms with E-state index in [0.29, 0.717) is 11.6 Å². The fourth-order valence-electron chi connectivity index (χ4n) is 2.12. The summed E-state index contributed by atoms with van der Waals surface area (Å²) < 4.78 is 13.0. The Morgan fingerprint density at radius 3 is 2.70 bits per heavy atom. The van der Waals surface area contributed by atoms with E-state index >= 15 is 0 Å². The standard InChI is InChI=1S/C16H16ClN3O2S/c1-11-14(7-8-21-11)15-18-19-16(20(15)2)23-10-9-22-13-5-3-12(17)4-6-13/h3-8H,9-10H2,1-2H3. The van der Waals surface area contributed by atoms with Gasteiger partial charge in [0.1, 0.15) is 11.5 Å². The number of aromatic nitrogens is 3. The van der Waals surface area contributed by atoms with Crippen molar-refractivity contribution in [3.05, 3.63) is 47.4 Å². The molecule has 7 heteroatoms. The summed E-state index contributed by atoms with van der Waals surface area (Å²) in [7, 11) is 1.95. The maximum atomic E-state index is 5.84. The molecule has 0 saturated carbocycles. The predicted molar refractivity (Wildman–Crippen MR) is 91.1 cm³/mol. The fraction of sp³-hybridized carbons (Fsp3) is 0.250. The number of ether oxygens (including phenoxy) is 1. The second kappa shape index (κ2) is 7.10. The molecule has 0 amide bonds. The summed E-state index contributed by atoms with van der Waals surface area (Å²) in [6.45, 7) is 2.50. The fourth-order valence-corrected chi connectivity index (χ4v) is 2.97. The molecular weight excluding hydrogens is 334 g/mol. The van der Waals surface area contributed by atoms with Gasteiger partial charge in [-0.1, -0.05) is 23.4 Å². The highest BCUT2D eigenvalue weighted by Crippen LogP contribution is 2.25. The Labute approximate surface area is 143 Å². The van der Waals surface area contributed by atoms with E-state index < -0.39 is 0 Å². The second-order valence-corrected chi connectivity index (χ2v) is 6.41. The van der Waals surface area contributed by atoms with E-state index in [1.54, 1.807) is 18.0 Å². The van der Waals surface area contributed by atoms with Gasteiger partial charge in [0.15, 0.2) is 11.0 Å². The van der Waals surface area contributed by atoms with Crippen molar-refractivity contribution < 1.29 is 9.15 Å². The van der Waals surface area contributed by atoms with E-state index in [0.717, 1.165) is 33.8 Å². The van der Waals surface area contributed by atoms with Crippen LogP contribution in [0.3, 0.4) is 0 Å². The summed E-state index contributed by atoms with van der Waals surface area (Å²) >= 11 is 7.44. The molecule has 23 heavy (non-hydrogen) atoms. The lowest BCUT2D eigenvalue weighted by molar-refractivity contribution is 0.344. The number of rotatable bonds is 6. The molecule has 0 unspecified atom stereocenters. The van der Waals surface area contributed by atoms with Crippen LogP contribution < -0.4 is 4.74 Å². The van der Waals surface area contributed by atoms with Crippen molar-refractivity contribution in [1.29, 1.82) is 0 Å². The Balaban J connectivity index is 1.56. The minimum absolute atomic E-state index is 0.583. The van der Waals surface area contributed by atoms with Crippen LogP contribution in [0.1, 0.15) is 5.76 Å². The van der Waals surface area contributed by atoms with E-state index in [1.807, 2.05) is 48.9 Å². The summed E-state index contributed by atoms with van der Waals surface area (Å²) in [5, 5.41) is 10.0. The lowest BCUT2D eigenvalue weighted by atomic mass is 10.2. The van der Waals surface area contributed by atoms with Gasteiger partial charge in [0, 0.05) is 17.8 Å². The number of thioether (sulfide) groups is 1. The number of halogens is 1. The average molecular weight is 350 g/mol. The van der Waals surface area contributed by atoms with E-state index in [9.17, 15) is 0 Å². The molecule has 5 nitrogen and oxygen atoms in total. The Kier molecular flexibility index (Phi) is 4.93. The van der Waals surface area contributed by atoms with E-state index in [2.05, 4.69) is 10.2 Å². The van der Waals surface area contributed by atoms with Gasteiger partial charge in [-0.2, -0.15) is 0 Å². The van der Waals surface area contributed by atoms with Crippen LogP contribution in [0, 0.1) is 6.92 Å². The molecule has 0 radical (unpaired) electrons. The van der Waals surface area contributed by atoms with Crippen LogP contribution in [0.25, 0.3) is 11.4 Å². The molecule has 0 fully saturated rings. The SMILES string of the molecule is Cc1occc1-c1nnc(SCCOc2ccc(Cl)cc2)n1C. The highest BCUT2D eigenvalue weighted by molar-refractivity contribution is 7.99. The molecule has 2 aromatic heterocycles. The van der Waals surface area contributed by atoms with Gasteiger partial charge in [-0.25, -0.2) is 0 Å². The van der Waals surface area contributed by atoms with Gasteiger partial charge in [0.25, 0.3) is 0 Å². The van der Waals surface area contributed by atoms with Crippen molar-refractivity contribution in [1.82, 2.24) is 14.8 Å². The van der Waals surface area contributed by atoms with Crippen LogP contribution in [0.2, 0.25) is 5.02 Å². The van der Waals surface area contributed by atoms with Crippen molar-refractivity contribution in [3.63, 3.8) is 0 Å². The topological polar surface area (TPSA) is 53.1 Å². The van der Waals surface area contributed by atoms with Crippen LogP contribution in [0.15, 0.2) is 46.2 Å². The first kappa shape index (κ1) is 16.0. The molecule has 0 aliphatic carbocycles. The van der Waals surface area contributed by atoms with Gasteiger partial charge >= 0.3 is 0 Å². The Hall–Kier alpha value is -1.92. The smallest absolute Gasteiger partial charge is 0.191 e. The third kappa shape index (κ3) is 3.71. The normalized spacial score (nSPS) is 10.9. The lowest BCUT2D eigenvalue weighted by Gasteiger charge is -2.06. The molecule has 0 N–H and O–H groups in total. The number of benzene rings is 1. The summed E-state index contributed by atoms with van der Waals surface area (Å²) in [5.41, 5.74) is 0.962. The molecule has 3 rings (SSSR count). The Morgan fingerprint density at radius 1 is 1.22 bits per heavy atom. The quantitative estimate of drug-likeness (QED) is 0.493. The predicted octanol–water partition coefficient (Wildman–Crippen LogP) is 4.21. The Bertz CT molecular complexity index is 783. The van der Waals surface area contributed by atoms with Crippen LogP contribution in [0.4, 0.5) is 0 Å². The molecule has 0 bridgehead atoms. The van der Waals surface area contributed by atoms with E-state index in [-0.39, 0.29) is 0 Å². The van der Waals surface area contributed by atoms with Crippen molar-refractivity contribution in [2.24, 2.45) is 7.05 Å². The van der Waals surface area contributed by atoms with E-state index in [1.165, 1.54) is 0 Å². The zero-order valence-electron chi connectivity index (χ0n) is 12.8. The number of nitrogens with zero attached hydrogens (tertiary/aromatic N) is 3. The first-order valence-corrected chi connectivity index (χ1v) is 8.46. The zero-order chi connectivity index (χ0) is 16.2. The first-order chi connectivity index (χ1) is 11.1. The minimum atomic E-state index is 0.583. The van der Waals surface area contributed by atoms with Crippen LogP contribution in [-0.4, -0.2) is 27.1 Å². The van der Waals surface area contributed by atoms with Crippen molar-refractivity contribution in [3.8, 4) is 17.1 Å². The highest BCUT2D eigenvalue weighted by Gasteiger charge is 2.14. The molecule has 1 aromatic carbocycles. The van der Waals surface area contributed by atoms with Gasteiger partial charge in [-0.15, -0.1) is 10.2 Å². The van der Waals surface area contributed by atoms with Crippen molar-refractivity contribution >= 4 is 23.4 Å². The van der Waals surface area contributed by atoms with Gasteiger partial charge < -0.3 is 13.7 Å². The number of furan rings is 1. The van der Waals surface area contributed by atoms with Gasteiger partial charge in [-0.05, 0) is 37.3 Å². The van der Waals surface area contributed by atoms with Crippen molar-refractivity contribution in [2.45, 2.75) is 12.1 Å². The first-order valence-electron chi connectivity index (χ1n) is 7.10. The molecule has 3 aromatic rings. The summed E-state index contributed by atoms with van der Waals surface area (Å²) in [5.74, 6) is 3.22. The second-order valence-electron chi connectivity index (χ2n) is 4.91. The molecular formula is C16H16ClN3O2S. The average Bonchev–Trinajstić information content (AvgIpc) is 3.12. The Morgan fingerprint density at radius 2 is 2.00 bits per heavy atom. The molecule has 0 aliphatic heterocycles. The largest absolute Gasteiger partial charge is 0.493 e. The number of aryl methyl sites for hydroxylation is 1. The summed E-state index contributed by atoms with van der Waals surface area (Å²) in [6, 6.07) is 9.24. The zero-order valence-corrected chi connectivity index (χ0v) is 14.4. The summed E-state index contributed by atoms with van der Waals surface area (Å²) in [6.07, 6.45) is 1.66. The third-order valence-electron chi connectivity index (χ3n) is 3.33. The van der Waals surface area contributed by atoms with E-state index in [4.69, 9.17) is 20.8 Å². The summed E-state index contributed by atoms with van der Waals surface area (Å²) in [4.78, 5) is 0. The maximum absolute atomic E-state index is 5.84. The highest BCUT2D eigenvalue weighted by atomic mass is 35.5. The maximum Gasteiger partial charge on any atom is 0.191 e. The molecule has 0 saturated heterocycles. The number of hydrogen-bond donors (Lipinski definition) is 0. The molecule has 0 aliphatic rings.